The number of rotatable bonds is 1. The van der Waals surface area contributed by atoms with Crippen molar-refractivity contribution < 1.29 is 0 Å². The number of hydrogen-bond acceptors (Lipinski definition) is 1. The second kappa shape index (κ2) is 3.38. The van der Waals surface area contributed by atoms with E-state index in [2.05, 4.69) is 24.9 Å². The molecule has 0 spiro atoms. The van der Waals surface area contributed by atoms with Crippen molar-refractivity contribution in [2.75, 3.05) is 13.6 Å². The third-order valence-electron chi connectivity index (χ3n) is 4.41. The Morgan fingerprint density at radius 3 is 2.69 bits per heavy atom. The third kappa shape index (κ3) is 1.35. The van der Waals surface area contributed by atoms with Crippen LogP contribution in [0.25, 0.3) is 0 Å². The van der Waals surface area contributed by atoms with E-state index in [-0.39, 0.29) is 0 Å². The lowest BCUT2D eigenvalue weighted by Crippen LogP contribution is -2.27. The van der Waals surface area contributed by atoms with Crippen LogP contribution in [-0.4, -0.2) is 24.5 Å². The molecule has 86 valence electrons. The zero-order valence-electron chi connectivity index (χ0n) is 9.50. The van der Waals surface area contributed by atoms with Gasteiger partial charge in [-0.3, -0.25) is 0 Å². The van der Waals surface area contributed by atoms with Gasteiger partial charge in [-0.2, -0.15) is 0 Å². The Balaban J connectivity index is 2.00. The Hall–Kier alpha value is -0.240. The summed E-state index contributed by atoms with van der Waals surface area (Å²) in [5.74, 6) is 0.774. The molecule has 0 amide bonds. The minimum absolute atomic E-state index is 0.315. The zero-order valence-corrected chi connectivity index (χ0v) is 11.0. The molecular weight excluding hydrogens is 241 g/mol. The van der Waals surface area contributed by atoms with E-state index in [9.17, 15) is 0 Å². The molecule has 1 heterocycles. The Morgan fingerprint density at radius 1 is 1.38 bits per heavy atom. The average molecular weight is 256 g/mol. The van der Waals surface area contributed by atoms with Gasteiger partial charge in [0.15, 0.2) is 0 Å². The standard InChI is InChI=1S/C13H15Cl2N/c1-8-11-6-13(11,7-16(8)2)10-4-3-9(14)5-12(10)15/h3-5,8,11H,6-7H2,1-2H3. The predicted molar refractivity (Wildman–Crippen MR) is 68.3 cm³/mol. The van der Waals surface area contributed by atoms with E-state index < -0.39 is 0 Å². The van der Waals surface area contributed by atoms with Gasteiger partial charge in [0.2, 0.25) is 0 Å². The predicted octanol–water partition coefficient (Wildman–Crippen LogP) is 3.59. The molecule has 2 fully saturated rings. The summed E-state index contributed by atoms with van der Waals surface area (Å²) in [6.07, 6.45) is 1.28. The SMILES string of the molecule is CC1C2CC2(c2ccc(Cl)cc2Cl)CN1C. The van der Waals surface area contributed by atoms with E-state index in [1.165, 1.54) is 12.0 Å². The second-order valence-electron chi connectivity index (χ2n) is 5.25. The maximum absolute atomic E-state index is 6.32. The van der Waals surface area contributed by atoms with E-state index >= 15 is 0 Å². The topological polar surface area (TPSA) is 3.24 Å². The molecule has 3 atom stereocenters. The van der Waals surface area contributed by atoms with Crippen molar-refractivity contribution in [3.63, 3.8) is 0 Å². The van der Waals surface area contributed by atoms with Gasteiger partial charge in [-0.1, -0.05) is 29.3 Å². The average Bonchev–Trinajstić information content (AvgIpc) is 2.85. The van der Waals surface area contributed by atoms with Gasteiger partial charge in [0.05, 0.1) is 0 Å². The van der Waals surface area contributed by atoms with Gasteiger partial charge in [-0.25, -0.2) is 0 Å². The summed E-state index contributed by atoms with van der Waals surface area (Å²) in [5.41, 5.74) is 1.61. The summed E-state index contributed by atoms with van der Waals surface area (Å²) in [6, 6.07) is 6.60. The molecule has 0 bridgehead atoms. The summed E-state index contributed by atoms with van der Waals surface area (Å²) in [6.45, 7) is 3.43. The summed E-state index contributed by atoms with van der Waals surface area (Å²) in [4.78, 5) is 2.43. The minimum Gasteiger partial charge on any atom is -0.302 e. The van der Waals surface area contributed by atoms with Crippen LogP contribution in [-0.2, 0) is 5.41 Å². The molecule has 3 rings (SSSR count). The Kier molecular flexibility index (Phi) is 2.30. The molecule has 16 heavy (non-hydrogen) atoms. The molecule has 0 aromatic heterocycles. The van der Waals surface area contributed by atoms with E-state index in [4.69, 9.17) is 23.2 Å². The fourth-order valence-electron chi connectivity index (χ4n) is 3.33. The fraction of sp³-hybridized carbons (Fsp3) is 0.538. The van der Waals surface area contributed by atoms with Crippen molar-refractivity contribution in [2.24, 2.45) is 5.92 Å². The van der Waals surface area contributed by atoms with Crippen molar-refractivity contribution in [1.29, 1.82) is 0 Å². The van der Waals surface area contributed by atoms with Crippen LogP contribution in [0.4, 0.5) is 0 Å². The van der Waals surface area contributed by atoms with Gasteiger partial charge in [-0.15, -0.1) is 0 Å². The fourth-order valence-corrected chi connectivity index (χ4v) is 3.93. The molecule has 0 N–H and O–H groups in total. The molecule has 1 aromatic carbocycles. The number of likely N-dealkylation sites (tertiary alicyclic amines) is 1. The molecule has 1 nitrogen and oxygen atoms in total. The highest BCUT2D eigenvalue weighted by Gasteiger charge is 2.63. The van der Waals surface area contributed by atoms with Crippen LogP contribution in [0.15, 0.2) is 18.2 Å². The maximum atomic E-state index is 6.32. The van der Waals surface area contributed by atoms with Crippen LogP contribution >= 0.6 is 23.2 Å². The lowest BCUT2D eigenvalue weighted by Gasteiger charge is -2.20. The highest BCUT2D eigenvalue weighted by Crippen LogP contribution is 2.62. The number of fused-ring (bicyclic) bond motifs is 1. The van der Waals surface area contributed by atoms with Crippen molar-refractivity contribution in [2.45, 2.75) is 24.8 Å². The first-order valence-corrected chi connectivity index (χ1v) is 6.46. The summed E-state index contributed by atoms with van der Waals surface area (Å²) in [5, 5.41) is 1.55. The molecule has 2 aliphatic rings. The van der Waals surface area contributed by atoms with Crippen LogP contribution in [0.3, 0.4) is 0 Å². The number of piperidine rings is 1. The smallest absolute Gasteiger partial charge is 0.0459 e. The molecule has 3 unspecified atom stereocenters. The summed E-state index contributed by atoms with van der Waals surface area (Å²) >= 11 is 12.3. The Labute approximate surface area is 106 Å². The van der Waals surface area contributed by atoms with Gasteiger partial charge >= 0.3 is 0 Å². The highest BCUT2D eigenvalue weighted by molar-refractivity contribution is 6.35. The van der Waals surface area contributed by atoms with Gasteiger partial charge in [0.25, 0.3) is 0 Å². The molecule has 1 saturated carbocycles. The van der Waals surface area contributed by atoms with Crippen molar-refractivity contribution in [1.82, 2.24) is 4.90 Å². The molecule has 1 aromatic rings. The maximum Gasteiger partial charge on any atom is 0.0459 e. The Bertz CT molecular complexity index is 446. The number of likely N-dealkylation sites (N-methyl/N-ethyl adjacent to an activating group) is 1. The molecule has 1 aliphatic heterocycles. The number of benzene rings is 1. The van der Waals surface area contributed by atoms with E-state index in [0.29, 0.717) is 11.5 Å². The number of hydrogen-bond donors (Lipinski definition) is 0. The van der Waals surface area contributed by atoms with Crippen LogP contribution in [0.2, 0.25) is 10.0 Å². The number of nitrogens with zero attached hydrogens (tertiary/aromatic N) is 1. The quantitative estimate of drug-likeness (QED) is 0.742. The minimum atomic E-state index is 0.315. The van der Waals surface area contributed by atoms with Gasteiger partial charge in [-0.05, 0) is 44.0 Å². The summed E-state index contributed by atoms with van der Waals surface area (Å²) in [7, 11) is 2.20. The molecule has 3 heteroatoms. The Morgan fingerprint density at radius 2 is 2.12 bits per heavy atom. The first kappa shape index (κ1) is 10.9. The van der Waals surface area contributed by atoms with Gasteiger partial charge in [0, 0.05) is 28.0 Å². The molecular formula is C13H15Cl2N. The van der Waals surface area contributed by atoms with Gasteiger partial charge < -0.3 is 4.90 Å². The molecule has 1 saturated heterocycles. The van der Waals surface area contributed by atoms with Crippen LogP contribution in [0, 0.1) is 5.92 Å². The van der Waals surface area contributed by atoms with Crippen LogP contribution in [0.1, 0.15) is 18.9 Å². The first-order chi connectivity index (χ1) is 7.54. The monoisotopic (exact) mass is 255 g/mol. The largest absolute Gasteiger partial charge is 0.302 e. The van der Waals surface area contributed by atoms with Crippen molar-refractivity contribution in [3.05, 3.63) is 33.8 Å². The van der Waals surface area contributed by atoms with E-state index in [1.807, 2.05) is 12.1 Å². The van der Waals surface area contributed by atoms with Crippen molar-refractivity contribution in [3.8, 4) is 0 Å². The van der Waals surface area contributed by atoms with Gasteiger partial charge in [0.1, 0.15) is 0 Å². The summed E-state index contributed by atoms with van der Waals surface area (Å²) < 4.78 is 0. The van der Waals surface area contributed by atoms with Crippen LogP contribution < -0.4 is 0 Å². The third-order valence-corrected chi connectivity index (χ3v) is 4.96. The zero-order chi connectivity index (χ0) is 11.5. The van der Waals surface area contributed by atoms with E-state index in [0.717, 1.165) is 22.5 Å². The lowest BCUT2D eigenvalue weighted by atomic mass is 9.94. The van der Waals surface area contributed by atoms with Crippen LogP contribution in [0.5, 0.6) is 0 Å². The number of halogens is 2. The first-order valence-electron chi connectivity index (χ1n) is 5.70. The molecule has 1 aliphatic carbocycles. The van der Waals surface area contributed by atoms with E-state index in [1.54, 1.807) is 0 Å². The normalized spacial score (nSPS) is 37.5. The molecule has 0 radical (unpaired) electrons. The second-order valence-corrected chi connectivity index (χ2v) is 6.09. The van der Waals surface area contributed by atoms with Crippen molar-refractivity contribution >= 4 is 23.2 Å². The lowest BCUT2D eigenvalue weighted by molar-refractivity contribution is 0.284. The highest BCUT2D eigenvalue weighted by atomic mass is 35.5.